The molecule has 2 aromatic rings. The zero-order valence-corrected chi connectivity index (χ0v) is 16.6. The zero-order chi connectivity index (χ0) is 21.9. The van der Waals surface area contributed by atoms with Gasteiger partial charge < -0.3 is 15.4 Å². The normalized spacial score (nSPS) is 11.6. The second-order valence-electron chi connectivity index (χ2n) is 6.36. The number of halogens is 1. The van der Waals surface area contributed by atoms with E-state index >= 15 is 0 Å². The van der Waals surface area contributed by atoms with E-state index in [4.69, 9.17) is 4.74 Å². The van der Waals surface area contributed by atoms with Gasteiger partial charge in [-0.1, -0.05) is 19.1 Å². The Hall–Kier alpha value is -3.75. The van der Waals surface area contributed by atoms with Crippen LogP contribution in [0.1, 0.15) is 25.8 Å². The molecule has 0 radical (unpaired) electrons. The summed E-state index contributed by atoms with van der Waals surface area (Å²) in [4.78, 5) is 35.4. The van der Waals surface area contributed by atoms with Crippen LogP contribution in [0.15, 0.2) is 53.6 Å². The number of nitrogens with zero attached hydrogens (tertiary/aromatic N) is 1. The van der Waals surface area contributed by atoms with E-state index in [0.717, 1.165) is 0 Å². The summed E-state index contributed by atoms with van der Waals surface area (Å²) in [7, 11) is 0. The molecule has 0 fully saturated rings. The van der Waals surface area contributed by atoms with Crippen molar-refractivity contribution in [3.63, 3.8) is 0 Å². The number of ether oxygens (including phenoxy) is 1. The lowest BCUT2D eigenvalue weighted by atomic mass is 10.2. The highest BCUT2D eigenvalue weighted by atomic mass is 19.1. The van der Waals surface area contributed by atoms with Crippen LogP contribution >= 0.6 is 0 Å². The number of rotatable bonds is 8. The molecule has 0 saturated heterocycles. The number of hydrogen-bond acceptors (Lipinski definition) is 5. The zero-order valence-electron chi connectivity index (χ0n) is 16.6. The van der Waals surface area contributed by atoms with Crippen molar-refractivity contribution in [1.29, 1.82) is 0 Å². The fraction of sp³-hybridized carbons (Fsp3) is 0.238. The van der Waals surface area contributed by atoms with Crippen LogP contribution in [-0.2, 0) is 14.4 Å². The van der Waals surface area contributed by atoms with Gasteiger partial charge in [0.2, 0.25) is 0 Å². The molecule has 0 heterocycles. The van der Waals surface area contributed by atoms with E-state index in [9.17, 15) is 18.8 Å². The molecule has 3 amide bonds. The average Bonchev–Trinajstić information content (AvgIpc) is 2.74. The summed E-state index contributed by atoms with van der Waals surface area (Å²) >= 11 is 0. The van der Waals surface area contributed by atoms with Gasteiger partial charge in [0.25, 0.3) is 5.91 Å². The van der Waals surface area contributed by atoms with Crippen LogP contribution in [0.4, 0.5) is 10.1 Å². The van der Waals surface area contributed by atoms with Crippen molar-refractivity contribution in [2.24, 2.45) is 5.10 Å². The topological polar surface area (TPSA) is 109 Å². The van der Waals surface area contributed by atoms with Crippen molar-refractivity contribution in [3.05, 3.63) is 59.9 Å². The minimum Gasteiger partial charge on any atom is -0.483 e. The van der Waals surface area contributed by atoms with Crippen LogP contribution in [0.3, 0.4) is 0 Å². The van der Waals surface area contributed by atoms with Crippen molar-refractivity contribution < 1.29 is 23.5 Å². The van der Waals surface area contributed by atoms with Crippen LogP contribution in [0.5, 0.6) is 5.75 Å². The minimum absolute atomic E-state index is 0.123. The Bertz CT molecular complexity index is 915. The smallest absolute Gasteiger partial charge is 0.329 e. The third kappa shape index (κ3) is 7.34. The van der Waals surface area contributed by atoms with E-state index < -0.39 is 23.5 Å². The molecule has 2 aromatic carbocycles. The first-order valence-corrected chi connectivity index (χ1v) is 9.30. The lowest BCUT2D eigenvalue weighted by molar-refractivity contribution is -0.139. The number of hydrazone groups is 1. The summed E-state index contributed by atoms with van der Waals surface area (Å²) in [6, 6.07) is 12.0. The number of carbonyl (C=O) groups excluding carboxylic acids is 3. The van der Waals surface area contributed by atoms with Crippen LogP contribution in [0.25, 0.3) is 0 Å². The molecule has 0 aromatic heterocycles. The maximum Gasteiger partial charge on any atom is 0.329 e. The molecule has 0 aliphatic carbocycles. The highest BCUT2D eigenvalue weighted by Gasteiger charge is 2.14. The molecule has 158 valence electrons. The summed E-state index contributed by atoms with van der Waals surface area (Å²) in [5, 5.41) is 8.87. The summed E-state index contributed by atoms with van der Waals surface area (Å²) < 4.78 is 18.4. The van der Waals surface area contributed by atoms with Gasteiger partial charge in [0.05, 0.1) is 6.21 Å². The second kappa shape index (κ2) is 11.3. The summed E-state index contributed by atoms with van der Waals surface area (Å²) in [5.41, 5.74) is 3.08. The van der Waals surface area contributed by atoms with Gasteiger partial charge in [0.1, 0.15) is 11.6 Å². The number of hydrogen-bond donors (Lipinski definition) is 3. The number of carbonyl (C=O) groups is 3. The van der Waals surface area contributed by atoms with Crippen molar-refractivity contribution in [1.82, 2.24) is 10.7 Å². The molecule has 0 saturated carbocycles. The van der Waals surface area contributed by atoms with Gasteiger partial charge >= 0.3 is 11.8 Å². The first-order valence-electron chi connectivity index (χ1n) is 9.30. The maximum absolute atomic E-state index is 12.9. The van der Waals surface area contributed by atoms with Gasteiger partial charge in [-0.05, 0) is 49.7 Å². The highest BCUT2D eigenvalue weighted by Crippen LogP contribution is 2.16. The predicted molar refractivity (Wildman–Crippen MR) is 111 cm³/mol. The minimum atomic E-state index is -0.886. The molecule has 0 bridgehead atoms. The molecule has 0 unspecified atom stereocenters. The fourth-order valence-electron chi connectivity index (χ4n) is 2.19. The van der Waals surface area contributed by atoms with Crippen LogP contribution in [0.2, 0.25) is 0 Å². The average molecular weight is 414 g/mol. The van der Waals surface area contributed by atoms with Gasteiger partial charge in [-0.15, -0.1) is 0 Å². The summed E-state index contributed by atoms with van der Waals surface area (Å²) in [5.74, 6) is -2.13. The van der Waals surface area contributed by atoms with Gasteiger partial charge in [-0.25, -0.2) is 9.82 Å². The number of anilines is 1. The van der Waals surface area contributed by atoms with Crippen molar-refractivity contribution in [2.75, 3.05) is 11.9 Å². The Balaban J connectivity index is 1.89. The predicted octanol–water partition coefficient (Wildman–Crippen LogP) is 2.21. The SMILES string of the molecule is CC[C@H](C)NC(=O)C(=O)N/N=C\c1ccccc1OCC(=O)Nc1ccc(F)cc1. The molecule has 1 atom stereocenters. The van der Waals surface area contributed by atoms with Gasteiger partial charge in [0, 0.05) is 17.3 Å². The molecule has 9 heteroatoms. The van der Waals surface area contributed by atoms with E-state index in [1.54, 1.807) is 31.2 Å². The van der Waals surface area contributed by atoms with E-state index in [2.05, 4.69) is 21.2 Å². The number of nitrogens with one attached hydrogen (secondary N) is 3. The Kier molecular flexibility index (Phi) is 8.49. The molecule has 0 spiro atoms. The second-order valence-corrected chi connectivity index (χ2v) is 6.36. The van der Waals surface area contributed by atoms with Gasteiger partial charge in [-0.3, -0.25) is 14.4 Å². The lowest BCUT2D eigenvalue weighted by Gasteiger charge is -2.10. The molecule has 3 N–H and O–H groups in total. The first kappa shape index (κ1) is 22.5. The van der Waals surface area contributed by atoms with E-state index in [1.165, 1.54) is 30.5 Å². The third-order valence-electron chi connectivity index (χ3n) is 3.97. The lowest BCUT2D eigenvalue weighted by Crippen LogP contribution is -2.41. The molecule has 2 rings (SSSR count). The maximum atomic E-state index is 12.9. The first-order chi connectivity index (χ1) is 14.4. The largest absolute Gasteiger partial charge is 0.483 e. The Morgan fingerprint density at radius 1 is 1.10 bits per heavy atom. The molecule has 30 heavy (non-hydrogen) atoms. The van der Waals surface area contributed by atoms with Crippen molar-refractivity contribution >= 4 is 29.6 Å². The van der Waals surface area contributed by atoms with Gasteiger partial charge in [0.15, 0.2) is 6.61 Å². The van der Waals surface area contributed by atoms with E-state index in [-0.39, 0.29) is 12.6 Å². The Morgan fingerprint density at radius 3 is 2.50 bits per heavy atom. The number of amides is 3. The molecule has 8 nitrogen and oxygen atoms in total. The van der Waals surface area contributed by atoms with Gasteiger partial charge in [-0.2, -0.15) is 5.10 Å². The van der Waals surface area contributed by atoms with Crippen molar-refractivity contribution in [2.45, 2.75) is 26.3 Å². The van der Waals surface area contributed by atoms with E-state index in [0.29, 0.717) is 23.4 Å². The van der Waals surface area contributed by atoms with Crippen molar-refractivity contribution in [3.8, 4) is 5.75 Å². The summed E-state index contributed by atoms with van der Waals surface area (Å²) in [6.45, 7) is 3.39. The third-order valence-corrected chi connectivity index (χ3v) is 3.97. The van der Waals surface area contributed by atoms with Crippen LogP contribution in [0, 0.1) is 5.82 Å². The monoisotopic (exact) mass is 414 g/mol. The van der Waals surface area contributed by atoms with Crippen LogP contribution in [-0.4, -0.2) is 36.6 Å². The number of para-hydroxylation sites is 1. The fourth-order valence-corrected chi connectivity index (χ4v) is 2.19. The molecule has 0 aliphatic rings. The van der Waals surface area contributed by atoms with Crippen LogP contribution < -0.4 is 20.8 Å². The molecular formula is C21H23FN4O4. The summed E-state index contributed by atoms with van der Waals surface area (Å²) in [6.07, 6.45) is 2.00. The Morgan fingerprint density at radius 2 is 1.80 bits per heavy atom. The quantitative estimate of drug-likeness (QED) is 0.350. The van der Waals surface area contributed by atoms with E-state index in [1.807, 2.05) is 6.92 Å². The number of benzene rings is 2. The highest BCUT2D eigenvalue weighted by molar-refractivity contribution is 6.35. The molecule has 0 aliphatic heterocycles. The standard InChI is InChI=1S/C21H23FN4O4/c1-3-14(2)24-20(28)21(29)26-23-12-15-6-4-5-7-18(15)30-13-19(27)25-17-10-8-16(22)9-11-17/h4-12,14H,3,13H2,1-2H3,(H,24,28)(H,25,27)(H,26,29)/b23-12-/t14-/m0/s1. The Labute approximate surface area is 173 Å². The molecular weight excluding hydrogens is 391 g/mol.